The minimum absolute atomic E-state index is 0. The zero-order chi connectivity index (χ0) is 33.5. The molecule has 0 bridgehead atoms. The molecule has 6 heteroatoms. The number of anilines is 4. The van der Waals surface area contributed by atoms with Crippen molar-refractivity contribution in [3.8, 4) is 16.9 Å². The van der Waals surface area contributed by atoms with Gasteiger partial charge in [0.15, 0.2) is 0 Å². The monoisotopic (exact) mass is 854 g/mol. The van der Waals surface area contributed by atoms with Crippen LogP contribution in [-0.2, 0) is 21.1 Å². The van der Waals surface area contributed by atoms with Gasteiger partial charge in [-0.3, -0.25) is 0 Å². The largest absolute Gasteiger partial charge is 0.493 e. The number of hydrogen-bond acceptors (Lipinski definition) is 4. The van der Waals surface area contributed by atoms with E-state index in [2.05, 4.69) is 169 Å². The number of thiophene rings is 1. The third-order valence-corrected chi connectivity index (χ3v) is 11.1. The van der Waals surface area contributed by atoms with Crippen molar-refractivity contribution < 1.29 is 21.1 Å². The number of nitrogens with zero attached hydrogens (tertiary/aromatic N) is 4. The standard InChI is InChI=1S/C45H31N4S.Pt/c1-28-23-29(2)44(30(3)24-28)48-27-47(38-19-7-8-20-39(38)48)31-13-12-14-32(25-31)49-37-18-6-4-15-33(37)42-40(49)26-35(36-17-10-11-22-46-36)45-43(42)34-16-5-9-21-41(34)50-45;/h4-24,27H,1-3H3;/q-3;. The van der Waals surface area contributed by atoms with Gasteiger partial charge < -0.3 is 19.4 Å². The maximum absolute atomic E-state index is 4.81. The van der Waals surface area contributed by atoms with Crippen LogP contribution in [0, 0.1) is 39.6 Å². The first-order valence-corrected chi connectivity index (χ1v) is 17.7. The molecule has 0 radical (unpaired) electrons. The molecule has 0 atom stereocenters. The second-order valence-corrected chi connectivity index (χ2v) is 14.2. The van der Waals surface area contributed by atoms with Crippen molar-refractivity contribution >= 4 is 76.1 Å². The average Bonchev–Trinajstić information content (AvgIpc) is 3.81. The van der Waals surface area contributed by atoms with Gasteiger partial charge in [-0.1, -0.05) is 94.8 Å². The van der Waals surface area contributed by atoms with Crippen LogP contribution in [0.2, 0.25) is 0 Å². The Kier molecular flexibility index (Phi) is 7.61. The fourth-order valence-corrected chi connectivity index (χ4v) is 9.17. The molecule has 0 amide bonds. The van der Waals surface area contributed by atoms with Crippen molar-refractivity contribution in [2.45, 2.75) is 20.8 Å². The van der Waals surface area contributed by atoms with Gasteiger partial charge in [0.2, 0.25) is 0 Å². The van der Waals surface area contributed by atoms with Crippen molar-refractivity contribution in [2.24, 2.45) is 0 Å². The Morgan fingerprint density at radius 2 is 1.33 bits per heavy atom. The predicted octanol–water partition coefficient (Wildman–Crippen LogP) is 12.1. The van der Waals surface area contributed by atoms with Gasteiger partial charge in [0, 0.05) is 54.5 Å². The second-order valence-electron chi connectivity index (χ2n) is 13.1. The Morgan fingerprint density at radius 3 is 2.12 bits per heavy atom. The number of para-hydroxylation sites is 3. The zero-order valence-corrected chi connectivity index (χ0v) is 31.3. The van der Waals surface area contributed by atoms with E-state index in [1.54, 1.807) is 0 Å². The fraction of sp³-hybridized carbons (Fsp3) is 0.0667. The number of aryl methyl sites for hydroxylation is 3. The number of benzene rings is 6. The van der Waals surface area contributed by atoms with Crippen LogP contribution in [0.1, 0.15) is 16.7 Å². The Bertz CT molecular complexity index is 2780. The minimum atomic E-state index is 0. The summed E-state index contributed by atoms with van der Waals surface area (Å²) in [7, 11) is 0. The summed E-state index contributed by atoms with van der Waals surface area (Å²) in [6, 6.07) is 50.9. The molecule has 0 aliphatic carbocycles. The van der Waals surface area contributed by atoms with E-state index in [4.69, 9.17) is 4.98 Å². The molecule has 51 heavy (non-hydrogen) atoms. The van der Waals surface area contributed by atoms with Crippen LogP contribution in [0.4, 0.5) is 22.7 Å². The van der Waals surface area contributed by atoms with Gasteiger partial charge in [0.25, 0.3) is 0 Å². The van der Waals surface area contributed by atoms with E-state index in [0.29, 0.717) is 0 Å². The number of pyridine rings is 1. The van der Waals surface area contributed by atoms with Crippen molar-refractivity contribution in [1.82, 2.24) is 9.55 Å². The van der Waals surface area contributed by atoms with E-state index in [0.717, 1.165) is 45.0 Å². The smallest absolute Gasteiger partial charge is 0.0410 e. The van der Waals surface area contributed by atoms with Gasteiger partial charge in [-0.15, -0.1) is 42.2 Å². The van der Waals surface area contributed by atoms with Gasteiger partial charge in [-0.2, -0.15) is 17.4 Å². The predicted molar refractivity (Wildman–Crippen MR) is 210 cm³/mol. The molecule has 0 N–H and O–H groups in total. The Balaban J connectivity index is 0.00000348. The molecule has 0 saturated carbocycles. The number of rotatable bonds is 4. The van der Waals surface area contributed by atoms with Gasteiger partial charge in [-0.25, -0.2) is 0 Å². The molecule has 0 spiro atoms. The van der Waals surface area contributed by atoms with E-state index in [9.17, 15) is 0 Å². The van der Waals surface area contributed by atoms with Crippen LogP contribution in [0.25, 0.3) is 58.9 Å². The molecule has 3 aromatic heterocycles. The number of aromatic nitrogens is 2. The summed E-state index contributed by atoms with van der Waals surface area (Å²) >= 11 is 1.82. The van der Waals surface area contributed by atoms with E-state index in [1.165, 1.54) is 53.3 Å². The van der Waals surface area contributed by atoms with Crippen molar-refractivity contribution in [3.05, 3.63) is 163 Å². The van der Waals surface area contributed by atoms with Gasteiger partial charge in [0.1, 0.15) is 0 Å². The topological polar surface area (TPSA) is 24.3 Å². The summed E-state index contributed by atoms with van der Waals surface area (Å²) in [5.41, 5.74) is 13.3. The van der Waals surface area contributed by atoms with E-state index in [1.807, 2.05) is 23.6 Å². The number of hydrogen-bond donors (Lipinski definition) is 0. The first kappa shape index (κ1) is 31.7. The molecule has 4 heterocycles. The zero-order valence-electron chi connectivity index (χ0n) is 28.2. The Morgan fingerprint density at radius 1 is 0.647 bits per heavy atom. The first-order chi connectivity index (χ1) is 24.5. The van der Waals surface area contributed by atoms with E-state index in [-0.39, 0.29) is 21.1 Å². The van der Waals surface area contributed by atoms with Crippen LogP contribution in [0.5, 0.6) is 0 Å². The van der Waals surface area contributed by atoms with E-state index >= 15 is 0 Å². The quantitative estimate of drug-likeness (QED) is 0.165. The summed E-state index contributed by atoms with van der Waals surface area (Å²) in [6.45, 7) is 8.78. The molecule has 6 aromatic carbocycles. The molecule has 10 rings (SSSR count). The van der Waals surface area contributed by atoms with Crippen LogP contribution >= 0.6 is 11.3 Å². The summed E-state index contributed by atoms with van der Waals surface area (Å²) in [6.07, 6.45) is 1.87. The summed E-state index contributed by atoms with van der Waals surface area (Å²) in [5, 5.41) is 4.93. The molecule has 9 aromatic rings. The van der Waals surface area contributed by atoms with Crippen LogP contribution in [0.3, 0.4) is 0 Å². The summed E-state index contributed by atoms with van der Waals surface area (Å²) < 4.78 is 4.81. The molecule has 4 nitrogen and oxygen atoms in total. The number of fused-ring (bicyclic) bond motifs is 8. The van der Waals surface area contributed by atoms with Crippen molar-refractivity contribution in [2.75, 3.05) is 9.80 Å². The minimum Gasteiger partial charge on any atom is -0.493 e. The summed E-state index contributed by atoms with van der Waals surface area (Å²) in [4.78, 5) is 9.40. The normalized spacial score (nSPS) is 12.7. The Hall–Kier alpha value is -5.22. The van der Waals surface area contributed by atoms with E-state index < -0.39 is 0 Å². The summed E-state index contributed by atoms with van der Waals surface area (Å²) in [5.74, 6) is 0. The maximum atomic E-state index is 4.81. The third-order valence-electron chi connectivity index (χ3n) is 9.88. The average molecular weight is 855 g/mol. The first-order valence-electron chi connectivity index (χ1n) is 16.9. The molecule has 0 unspecified atom stereocenters. The second kappa shape index (κ2) is 12.2. The van der Waals surface area contributed by atoms with Crippen LogP contribution in [-0.4, -0.2) is 9.55 Å². The molecule has 250 valence electrons. The SMILES string of the molecule is Cc1cc(C)c(N2[CH-]N(c3[c-]c(-n4c5[c-]c(-c6ccccn6)c6sc7ccccc7c6c5c5ccccc54)ccc3)c3ccccc32)c(C)c1.[Pt]. The molecule has 1 aliphatic heterocycles. The Labute approximate surface area is 315 Å². The van der Waals surface area contributed by atoms with Crippen LogP contribution < -0.4 is 9.80 Å². The van der Waals surface area contributed by atoms with Crippen LogP contribution in [0.15, 0.2) is 128 Å². The molecular formula is C45H31N4PtS-3. The maximum Gasteiger partial charge on any atom is 0.0410 e. The van der Waals surface area contributed by atoms with Crippen molar-refractivity contribution in [3.63, 3.8) is 0 Å². The van der Waals surface area contributed by atoms with Gasteiger partial charge in [0.05, 0.1) is 0 Å². The molecule has 1 aliphatic rings. The third kappa shape index (κ3) is 4.87. The van der Waals surface area contributed by atoms with Crippen molar-refractivity contribution in [1.29, 1.82) is 0 Å². The molecular weight excluding hydrogens is 824 g/mol. The fourth-order valence-electron chi connectivity index (χ4n) is 7.95. The molecule has 0 fully saturated rings. The molecule has 0 saturated heterocycles. The van der Waals surface area contributed by atoms with Gasteiger partial charge >= 0.3 is 0 Å². The van der Waals surface area contributed by atoms with Gasteiger partial charge in [-0.05, 0) is 88.9 Å².